The van der Waals surface area contributed by atoms with Crippen LogP contribution in [0.5, 0.6) is 0 Å². The van der Waals surface area contributed by atoms with Crippen LogP contribution in [-0.4, -0.2) is 63.7 Å². The van der Waals surface area contributed by atoms with Gasteiger partial charge in [0.05, 0.1) is 9.79 Å². The van der Waals surface area contributed by atoms with Crippen molar-refractivity contribution in [3.63, 3.8) is 0 Å². The van der Waals surface area contributed by atoms with E-state index in [9.17, 15) is 25.9 Å². The average molecular weight is 859 g/mol. The fourth-order valence-electron chi connectivity index (χ4n) is 7.40. The molecule has 2 aromatic carbocycles. The quantitative estimate of drug-likeness (QED) is 0.0383. The Labute approximate surface area is 382 Å². The summed E-state index contributed by atoms with van der Waals surface area (Å²) in [5, 5.41) is 0. The zero-order chi connectivity index (χ0) is 41.0. The van der Waals surface area contributed by atoms with E-state index in [2.05, 4.69) is 13.8 Å². The predicted octanol–water partition coefficient (Wildman–Crippen LogP) is 14.4. The Morgan fingerprint density at radius 3 is 0.667 bits per heavy atom. The third-order valence-corrected chi connectivity index (χ3v) is 12.8. The molecule has 57 heavy (non-hydrogen) atoms. The van der Waals surface area contributed by atoms with Crippen LogP contribution in [0.1, 0.15) is 230 Å². The van der Waals surface area contributed by atoms with Crippen molar-refractivity contribution >= 4 is 58.0 Å². The molecule has 2 aromatic rings. The molecule has 0 spiro atoms. The van der Waals surface area contributed by atoms with E-state index in [-0.39, 0.29) is 47.5 Å². The van der Waals surface area contributed by atoms with Crippen molar-refractivity contribution in [2.75, 3.05) is 0 Å². The van der Waals surface area contributed by atoms with Crippen LogP contribution in [0.3, 0.4) is 0 Å². The molecule has 0 N–H and O–H groups in total. The Balaban J connectivity index is 0.00000108. The van der Waals surface area contributed by atoms with Gasteiger partial charge in [0.1, 0.15) is 20.2 Å². The molecule has 0 radical (unpaired) electrons. The Hall–Kier alpha value is -0.480. The maximum absolute atomic E-state index is 10.9. The maximum atomic E-state index is 10.9. The number of unbranched alkanes of at least 4 members (excludes halogenated alkanes) is 30. The first-order valence-electron chi connectivity index (χ1n) is 23.2. The third kappa shape index (κ3) is 34.9. The normalized spacial score (nSPS) is 11.6. The smallest absolute Gasteiger partial charge is 0.744 e. The first-order chi connectivity index (χ1) is 27.1. The molecule has 0 saturated heterocycles. The predicted molar refractivity (Wildman–Crippen MR) is 241 cm³/mol. The van der Waals surface area contributed by atoms with Crippen molar-refractivity contribution in [1.82, 2.24) is 0 Å². The summed E-state index contributed by atoms with van der Waals surface area (Å²) in [6.07, 6.45) is 45.5. The van der Waals surface area contributed by atoms with Gasteiger partial charge >= 0.3 is 37.7 Å². The molecular weight excluding hydrogens is 777 g/mol. The molecule has 0 aromatic heterocycles. The van der Waals surface area contributed by atoms with Crippen LogP contribution in [0, 0.1) is 0 Å². The van der Waals surface area contributed by atoms with Gasteiger partial charge in [0.15, 0.2) is 0 Å². The van der Waals surface area contributed by atoms with E-state index in [4.69, 9.17) is 0 Å². The fraction of sp³-hybridized carbons (Fsp3) is 0.750. The molecule has 0 amide bonds. The van der Waals surface area contributed by atoms with Gasteiger partial charge in [0.2, 0.25) is 0 Å². The molecule has 0 fully saturated rings. The van der Waals surface area contributed by atoms with Gasteiger partial charge in [-0.05, 0) is 61.1 Å². The number of rotatable bonds is 36. The second-order valence-corrected chi connectivity index (χ2v) is 19.1. The largest absolute Gasteiger partial charge is 2.00 e. The van der Waals surface area contributed by atoms with Crippen LogP contribution >= 0.6 is 0 Å². The standard InChI is InChI=1S/2C24H42O3S.Ca/c2*1-2-3-4-5-6-7-8-9-10-11-12-13-14-15-16-17-18-23-19-21-24(22-20-23)28(25,26)27;/h2*19-22H,2-18H2,1H3,(H,25,26,27);/q;;+2/p-2. The van der Waals surface area contributed by atoms with E-state index in [1.165, 1.54) is 217 Å². The van der Waals surface area contributed by atoms with Gasteiger partial charge < -0.3 is 9.11 Å². The van der Waals surface area contributed by atoms with Crippen molar-refractivity contribution in [2.45, 2.75) is 242 Å². The van der Waals surface area contributed by atoms with E-state index < -0.39 is 20.2 Å². The zero-order valence-electron chi connectivity index (χ0n) is 36.6. The second-order valence-electron chi connectivity index (χ2n) is 16.3. The molecule has 0 heterocycles. The molecule has 0 bridgehead atoms. The molecule has 6 nitrogen and oxygen atoms in total. The molecule has 324 valence electrons. The summed E-state index contributed by atoms with van der Waals surface area (Å²) in [5.41, 5.74) is 2.22. The van der Waals surface area contributed by atoms with Gasteiger partial charge in [-0.2, -0.15) is 0 Å². The van der Waals surface area contributed by atoms with Crippen LogP contribution in [0.25, 0.3) is 0 Å². The average Bonchev–Trinajstić information content (AvgIpc) is 3.17. The van der Waals surface area contributed by atoms with Crippen LogP contribution in [0.2, 0.25) is 0 Å². The molecule has 0 unspecified atom stereocenters. The van der Waals surface area contributed by atoms with Gasteiger partial charge in [-0.3, -0.25) is 0 Å². The molecule has 0 aliphatic rings. The Kier molecular flexibility index (Phi) is 38.1. The van der Waals surface area contributed by atoms with E-state index in [1.807, 2.05) is 0 Å². The molecule has 0 aliphatic carbocycles. The molecule has 0 aliphatic heterocycles. The number of hydrogen-bond acceptors (Lipinski definition) is 6. The van der Waals surface area contributed by atoms with E-state index in [0.29, 0.717) is 0 Å². The fourth-order valence-corrected chi connectivity index (χ4v) is 8.34. The van der Waals surface area contributed by atoms with Crippen molar-refractivity contribution in [3.8, 4) is 0 Å². The maximum Gasteiger partial charge on any atom is 2.00 e. The first kappa shape index (κ1) is 56.5. The summed E-state index contributed by atoms with van der Waals surface area (Å²) >= 11 is 0. The number of hydrogen-bond donors (Lipinski definition) is 0. The van der Waals surface area contributed by atoms with Gasteiger partial charge in [-0.1, -0.05) is 231 Å². The summed E-state index contributed by atoms with van der Waals surface area (Å²) in [5.74, 6) is 0. The van der Waals surface area contributed by atoms with Crippen molar-refractivity contribution in [1.29, 1.82) is 0 Å². The minimum Gasteiger partial charge on any atom is -0.744 e. The van der Waals surface area contributed by atoms with Crippen molar-refractivity contribution in [2.24, 2.45) is 0 Å². The van der Waals surface area contributed by atoms with Gasteiger partial charge in [-0.15, -0.1) is 0 Å². The van der Waals surface area contributed by atoms with E-state index in [1.54, 1.807) is 24.3 Å². The zero-order valence-corrected chi connectivity index (χ0v) is 40.5. The summed E-state index contributed by atoms with van der Waals surface area (Å²) in [6, 6.07) is 12.7. The molecule has 0 atom stereocenters. The number of benzene rings is 2. The minimum absolute atomic E-state index is 0. The summed E-state index contributed by atoms with van der Waals surface area (Å²) in [7, 11) is -8.64. The Morgan fingerprint density at radius 2 is 0.491 bits per heavy atom. The van der Waals surface area contributed by atoms with Crippen LogP contribution < -0.4 is 0 Å². The van der Waals surface area contributed by atoms with Crippen LogP contribution in [0.4, 0.5) is 0 Å². The van der Waals surface area contributed by atoms with Crippen LogP contribution in [-0.2, 0) is 33.1 Å². The van der Waals surface area contributed by atoms with Crippen LogP contribution in [0.15, 0.2) is 58.3 Å². The second kappa shape index (κ2) is 38.4. The first-order valence-corrected chi connectivity index (χ1v) is 26.0. The molecule has 9 heteroatoms. The van der Waals surface area contributed by atoms with Crippen molar-refractivity contribution in [3.05, 3.63) is 59.7 Å². The Bertz CT molecular complexity index is 1270. The van der Waals surface area contributed by atoms with E-state index in [0.717, 1.165) is 36.8 Å². The van der Waals surface area contributed by atoms with Gasteiger partial charge in [-0.25, -0.2) is 16.8 Å². The molecule has 0 saturated carbocycles. The SMILES string of the molecule is CCCCCCCCCCCCCCCCCCc1ccc(S(=O)(=O)[O-])cc1.CCCCCCCCCCCCCCCCCCc1ccc(S(=O)(=O)[O-])cc1.[Ca+2]. The summed E-state index contributed by atoms with van der Waals surface area (Å²) in [4.78, 5) is -0.272. The monoisotopic (exact) mass is 859 g/mol. The van der Waals surface area contributed by atoms with Gasteiger partial charge in [0, 0.05) is 0 Å². The summed E-state index contributed by atoms with van der Waals surface area (Å²) < 4.78 is 65.4. The third-order valence-electron chi connectivity index (χ3n) is 11.1. The number of aryl methyl sites for hydroxylation is 2. The molecular formula is C48H82CaO6S2. The van der Waals surface area contributed by atoms with Crippen molar-refractivity contribution < 1.29 is 25.9 Å². The Morgan fingerprint density at radius 1 is 0.316 bits per heavy atom. The minimum atomic E-state index is -4.32. The molecule has 2 rings (SSSR count). The van der Waals surface area contributed by atoms with Gasteiger partial charge in [0.25, 0.3) is 0 Å². The van der Waals surface area contributed by atoms with E-state index >= 15 is 0 Å². The summed E-state index contributed by atoms with van der Waals surface area (Å²) in [6.45, 7) is 4.55. The topological polar surface area (TPSA) is 114 Å².